The number of fused-ring (bicyclic) bond motifs is 1. The van der Waals surface area contributed by atoms with Crippen LogP contribution in [0.1, 0.15) is 0 Å². The van der Waals surface area contributed by atoms with Crippen LogP contribution in [-0.2, 0) is 0 Å². The van der Waals surface area contributed by atoms with Gasteiger partial charge in [-0.25, -0.2) is 13.8 Å². The molecule has 5 rings (SSSR count). The molecular weight excluding hydrogens is 397 g/mol. The second-order valence-corrected chi connectivity index (χ2v) is 6.77. The Bertz CT molecular complexity index is 1470. The Morgan fingerprint density at radius 2 is 1.87 bits per heavy atom. The third-order valence-electron chi connectivity index (χ3n) is 4.94. The molecule has 3 heterocycles. The molecule has 7 nitrogen and oxygen atoms in total. The van der Waals surface area contributed by atoms with Gasteiger partial charge in [0.15, 0.2) is 5.69 Å². The topological polar surface area (TPSA) is 74.8 Å². The van der Waals surface area contributed by atoms with Crippen LogP contribution < -0.4 is 10.2 Å². The lowest BCUT2D eigenvalue weighted by Crippen LogP contribution is -2.15. The van der Waals surface area contributed by atoms with Gasteiger partial charge in [0.2, 0.25) is 5.43 Å². The first-order valence-electron chi connectivity index (χ1n) is 9.48. The molecule has 2 aromatic carbocycles. The summed E-state index contributed by atoms with van der Waals surface area (Å²) in [7, 11) is 1.59. The molecule has 0 spiro atoms. The van der Waals surface area contributed by atoms with Gasteiger partial charge < -0.3 is 4.74 Å². The van der Waals surface area contributed by atoms with E-state index < -0.39 is 5.82 Å². The number of ether oxygens (including phenoxy) is 1. The van der Waals surface area contributed by atoms with Gasteiger partial charge in [-0.1, -0.05) is 18.2 Å². The second kappa shape index (κ2) is 7.49. The molecule has 0 unspecified atom stereocenters. The Hall–Kier alpha value is -4.33. The smallest absolute Gasteiger partial charge is 0.209 e. The number of benzene rings is 2. The fourth-order valence-corrected chi connectivity index (χ4v) is 3.47. The average molecular weight is 413 g/mol. The normalized spacial score (nSPS) is 11.0. The van der Waals surface area contributed by atoms with Crippen molar-refractivity contribution < 1.29 is 9.13 Å². The molecule has 0 atom stereocenters. The van der Waals surface area contributed by atoms with E-state index in [0.29, 0.717) is 22.5 Å². The molecule has 0 saturated carbocycles. The summed E-state index contributed by atoms with van der Waals surface area (Å²) < 4.78 is 22.7. The van der Waals surface area contributed by atoms with Crippen molar-refractivity contribution in [3.05, 3.63) is 95.3 Å². The van der Waals surface area contributed by atoms with Crippen LogP contribution in [0.15, 0.2) is 84.0 Å². The summed E-state index contributed by atoms with van der Waals surface area (Å²) in [5.41, 5.74) is 2.01. The van der Waals surface area contributed by atoms with E-state index in [0.717, 1.165) is 5.69 Å². The van der Waals surface area contributed by atoms with Crippen LogP contribution in [0.5, 0.6) is 5.75 Å². The first-order chi connectivity index (χ1) is 15.2. The maximum atomic E-state index is 14.2. The lowest BCUT2D eigenvalue weighted by molar-refractivity contribution is 0.414. The monoisotopic (exact) mass is 413 g/mol. The Labute approximate surface area is 176 Å². The number of halogens is 1. The molecule has 5 aromatic rings. The minimum Gasteiger partial charge on any atom is -0.497 e. The number of para-hydroxylation sites is 1. The average Bonchev–Trinajstić information content (AvgIpc) is 3.29. The number of hydrogen-bond donors (Lipinski definition) is 0. The van der Waals surface area contributed by atoms with Gasteiger partial charge in [-0.05, 0) is 30.3 Å². The molecule has 0 aliphatic rings. The molecule has 3 aromatic heterocycles. The molecule has 31 heavy (non-hydrogen) atoms. The van der Waals surface area contributed by atoms with Crippen LogP contribution in [-0.4, -0.2) is 31.7 Å². The van der Waals surface area contributed by atoms with Crippen molar-refractivity contribution in [3.63, 3.8) is 0 Å². The number of rotatable bonds is 4. The summed E-state index contributed by atoms with van der Waals surface area (Å²) in [6.07, 6.45) is 4.68. The summed E-state index contributed by atoms with van der Waals surface area (Å²) in [5, 5.41) is 9.49. The fraction of sp³-hybridized carbons (Fsp3) is 0.0435. The van der Waals surface area contributed by atoms with E-state index in [1.807, 2.05) is 24.3 Å². The van der Waals surface area contributed by atoms with Gasteiger partial charge in [0, 0.05) is 29.9 Å². The predicted molar refractivity (Wildman–Crippen MR) is 114 cm³/mol. The summed E-state index contributed by atoms with van der Waals surface area (Å²) in [6, 6.07) is 17.0. The third-order valence-corrected chi connectivity index (χ3v) is 4.94. The van der Waals surface area contributed by atoms with Crippen LogP contribution >= 0.6 is 0 Å². The molecule has 152 valence electrons. The second-order valence-electron chi connectivity index (χ2n) is 6.77. The Morgan fingerprint density at radius 1 is 1.00 bits per heavy atom. The standard InChI is InChI=1S/C23H16FN5O2/c1-31-16-5-2-4-15(14-16)28-13-10-21(30)23(27-28)20-9-12-26-29(20)19-8-11-25-22-17(19)6-3-7-18(22)24/h2-14H,1H3. The van der Waals surface area contributed by atoms with Crippen molar-refractivity contribution in [3.8, 4) is 28.5 Å². The van der Waals surface area contributed by atoms with Crippen LogP contribution in [0.2, 0.25) is 0 Å². The van der Waals surface area contributed by atoms with Gasteiger partial charge >= 0.3 is 0 Å². The molecule has 0 N–H and O–H groups in total. The van der Waals surface area contributed by atoms with E-state index >= 15 is 0 Å². The molecule has 0 aliphatic carbocycles. The fourth-order valence-electron chi connectivity index (χ4n) is 3.47. The van der Waals surface area contributed by atoms with E-state index in [9.17, 15) is 9.18 Å². The number of pyridine rings is 1. The minimum atomic E-state index is -0.425. The SMILES string of the molecule is COc1cccc(-n2ccc(=O)c(-c3ccnn3-c3ccnc4c(F)cccc34)n2)c1. The molecule has 8 heteroatoms. The van der Waals surface area contributed by atoms with E-state index in [1.54, 1.807) is 53.1 Å². The molecule has 0 amide bonds. The van der Waals surface area contributed by atoms with Crippen molar-refractivity contribution in [2.75, 3.05) is 7.11 Å². The van der Waals surface area contributed by atoms with Crippen LogP contribution in [0.25, 0.3) is 33.7 Å². The quantitative estimate of drug-likeness (QED) is 0.448. The summed E-state index contributed by atoms with van der Waals surface area (Å²) >= 11 is 0. The molecule has 0 radical (unpaired) electrons. The summed E-state index contributed by atoms with van der Waals surface area (Å²) in [6.45, 7) is 0. The highest BCUT2D eigenvalue weighted by Crippen LogP contribution is 2.26. The zero-order chi connectivity index (χ0) is 21.4. The van der Waals surface area contributed by atoms with E-state index in [1.165, 1.54) is 18.3 Å². The lowest BCUT2D eigenvalue weighted by Gasteiger charge is -2.12. The van der Waals surface area contributed by atoms with Crippen LogP contribution in [0.4, 0.5) is 4.39 Å². The highest BCUT2D eigenvalue weighted by atomic mass is 19.1. The van der Waals surface area contributed by atoms with E-state index in [-0.39, 0.29) is 16.6 Å². The van der Waals surface area contributed by atoms with Crippen molar-refractivity contribution in [2.45, 2.75) is 0 Å². The zero-order valence-corrected chi connectivity index (χ0v) is 16.4. The van der Waals surface area contributed by atoms with Gasteiger partial charge in [-0.15, -0.1) is 0 Å². The Balaban J connectivity index is 1.69. The van der Waals surface area contributed by atoms with Crippen LogP contribution in [0.3, 0.4) is 0 Å². The highest BCUT2D eigenvalue weighted by Gasteiger charge is 2.16. The summed E-state index contributed by atoms with van der Waals surface area (Å²) in [5.74, 6) is 0.251. The molecule has 0 bridgehead atoms. The maximum Gasteiger partial charge on any atom is 0.209 e. The van der Waals surface area contributed by atoms with Gasteiger partial charge in [0.1, 0.15) is 17.1 Å². The number of nitrogens with zero attached hydrogens (tertiary/aromatic N) is 5. The molecular formula is C23H16FN5O2. The number of aromatic nitrogens is 5. The lowest BCUT2D eigenvalue weighted by atomic mass is 10.1. The highest BCUT2D eigenvalue weighted by molar-refractivity contribution is 5.87. The molecule has 0 saturated heterocycles. The first-order valence-corrected chi connectivity index (χ1v) is 9.48. The van der Waals surface area contributed by atoms with Gasteiger partial charge in [0.05, 0.1) is 30.4 Å². The van der Waals surface area contributed by atoms with E-state index in [4.69, 9.17) is 4.74 Å². The van der Waals surface area contributed by atoms with Crippen molar-refractivity contribution in [1.29, 1.82) is 0 Å². The zero-order valence-electron chi connectivity index (χ0n) is 16.4. The Kier molecular flexibility index (Phi) is 4.51. The van der Waals surface area contributed by atoms with Gasteiger partial charge in [-0.3, -0.25) is 9.78 Å². The van der Waals surface area contributed by atoms with E-state index in [2.05, 4.69) is 15.2 Å². The predicted octanol–water partition coefficient (Wildman–Crippen LogP) is 3.78. The summed E-state index contributed by atoms with van der Waals surface area (Å²) in [4.78, 5) is 16.8. The van der Waals surface area contributed by atoms with Crippen molar-refractivity contribution in [2.24, 2.45) is 0 Å². The molecule has 0 aliphatic heterocycles. The molecule has 0 fully saturated rings. The Morgan fingerprint density at radius 3 is 2.74 bits per heavy atom. The van der Waals surface area contributed by atoms with Gasteiger partial charge in [0.25, 0.3) is 0 Å². The van der Waals surface area contributed by atoms with Crippen molar-refractivity contribution >= 4 is 10.9 Å². The number of methoxy groups -OCH3 is 1. The number of hydrogen-bond acceptors (Lipinski definition) is 5. The van der Waals surface area contributed by atoms with Gasteiger partial charge in [-0.2, -0.15) is 10.2 Å². The van der Waals surface area contributed by atoms with Crippen molar-refractivity contribution in [1.82, 2.24) is 24.5 Å². The largest absolute Gasteiger partial charge is 0.497 e. The maximum absolute atomic E-state index is 14.2. The third kappa shape index (κ3) is 3.24. The van der Waals surface area contributed by atoms with Crippen LogP contribution in [0, 0.1) is 5.82 Å². The minimum absolute atomic E-state index is 0.212. The first kappa shape index (κ1) is 18.7.